The summed E-state index contributed by atoms with van der Waals surface area (Å²) >= 11 is 0. The highest BCUT2D eigenvalue weighted by atomic mass is 16.5. The zero-order chi connectivity index (χ0) is 26.9. The van der Waals surface area contributed by atoms with Crippen LogP contribution in [0, 0.1) is 0 Å². The largest absolute Gasteiger partial charge is 0.378 e. The van der Waals surface area contributed by atoms with Crippen molar-refractivity contribution in [3.8, 4) is 11.3 Å². The van der Waals surface area contributed by atoms with Crippen molar-refractivity contribution in [1.82, 2.24) is 24.8 Å². The summed E-state index contributed by atoms with van der Waals surface area (Å²) in [6, 6.07) is 8.32. The van der Waals surface area contributed by atoms with Gasteiger partial charge in [-0.05, 0) is 38.3 Å². The Hall–Kier alpha value is -3.33. The molecule has 3 aromatic rings. The molecule has 204 valence electrons. The van der Waals surface area contributed by atoms with Crippen LogP contribution in [0.2, 0.25) is 0 Å². The SMILES string of the molecule is CNC(=O)CCCCCCCC(=O)Cc1cccc(-c2nc(N3CCOCC3)nc3c2ncn3C(C)C)c1. The van der Waals surface area contributed by atoms with Gasteiger partial charge in [-0.15, -0.1) is 0 Å². The molecule has 1 N–H and O–H groups in total. The number of carbonyl (C=O) groups is 2. The van der Waals surface area contributed by atoms with Crippen LogP contribution in [0.4, 0.5) is 5.95 Å². The van der Waals surface area contributed by atoms with E-state index in [2.05, 4.69) is 39.7 Å². The van der Waals surface area contributed by atoms with Crippen molar-refractivity contribution in [2.24, 2.45) is 0 Å². The highest BCUT2D eigenvalue weighted by Gasteiger charge is 2.21. The average molecular weight is 521 g/mol. The molecule has 9 nitrogen and oxygen atoms in total. The Morgan fingerprint density at radius 3 is 2.50 bits per heavy atom. The Morgan fingerprint density at radius 2 is 1.76 bits per heavy atom. The first kappa shape index (κ1) is 27.7. The number of amides is 1. The molecule has 3 heterocycles. The lowest BCUT2D eigenvalue weighted by Crippen LogP contribution is -2.37. The van der Waals surface area contributed by atoms with E-state index in [0.717, 1.165) is 73.2 Å². The van der Waals surface area contributed by atoms with Crippen LogP contribution in [0.3, 0.4) is 0 Å². The fourth-order valence-electron chi connectivity index (χ4n) is 4.80. The molecule has 0 spiro atoms. The van der Waals surface area contributed by atoms with Crippen LogP contribution in [0.1, 0.15) is 70.4 Å². The molecule has 1 amide bonds. The number of unbranched alkanes of at least 4 members (excludes halogenated alkanes) is 4. The number of hydrogen-bond donors (Lipinski definition) is 1. The molecule has 0 atom stereocenters. The monoisotopic (exact) mass is 520 g/mol. The van der Waals surface area contributed by atoms with Gasteiger partial charge < -0.3 is 19.5 Å². The Bertz CT molecular complexity index is 1230. The first-order valence-corrected chi connectivity index (χ1v) is 13.8. The van der Waals surface area contributed by atoms with E-state index in [1.807, 2.05) is 24.5 Å². The standard InChI is InChI=1S/C29H40N6O3/c1-21(2)35-20-31-27-26(32-29(33-28(27)35)34-14-16-38-17-15-34)23-11-9-10-22(18-23)19-24(36)12-7-5-4-6-8-13-25(37)30-3/h9-11,18,20-21H,4-8,12-17,19H2,1-3H3,(H,30,37). The first-order chi connectivity index (χ1) is 18.5. The van der Waals surface area contributed by atoms with Gasteiger partial charge >= 0.3 is 0 Å². The molecule has 1 saturated heterocycles. The zero-order valence-corrected chi connectivity index (χ0v) is 22.9. The number of aromatic nitrogens is 4. The average Bonchev–Trinajstić information content (AvgIpc) is 3.37. The smallest absolute Gasteiger partial charge is 0.228 e. The van der Waals surface area contributed by atoms with Gasteiger partial charge in [-0.1, -0.05) is 37.5 Å². The Labute approximate surface area is 225 Å². The van der Waals surface area contributed by atoms with E-state index in [4.69, 9.17) is 14.7 Å². The number of hydrogen-bond acceptors (Lipinski definition) is 7. The highest BCUT2D eigenvalue weighted by molar-refractivity contribution is 5.89. The van der Waals surface area contributed by atoms with E-state index in [1.54, 1.807) is 7.05 Å². The number of morpholine rings is 1. The van der Waals surface area contributed by atoms with Crippen LogP contribution in [-0.4, -0.2) is 64.6 Å². The molecular formula is C29H40N6O3. The van der Waals surface area contributed by atoms with Crippen LogP contribution < -0.4 is 10.2 Å². The zero-order valence-electron chi connectivity index (χ0n) is 22.9. The first-order valence-electron chi connectivity index (χ1n) is 13.8. The Morgan fingerprint density at radius 1 is 1.03 bits per heavy atom. The predicted molar refractivity (Wildman–Crippen MR) is 149 cm³/mol. The molecule has 1 aliphatic heterocycles. The van der Waals surface area contributed by atoms with Crippen molar-refractivity contribution in [2.45, 2.75) is 71.3 Å². The molecular weight excluding hydrogens is 480 g/mol. The van der Waals surface area contributed by atoms with Crippen molar-refractivity contribution >= 4 is 28.8 Å². The lowest BCUT2D eigenvalue weighted by Gasteiger charge is -2.27. The molecule has 2 aromatic heterocycles. The van der Waals surface area contributed by atoms with E-state index in [0.29, 0.717) is 38.4 Å². The number of anilines is 1. The maximum absolute atomic E-state index is 12.7. The molecule has 4 rings (SSSR count). The summed E-state index contributed by atoms with van der Waals surface area (Å²) in [5.41, 5.74) is 4.32. The number of fused-ring (bicyclic) bond motifs is 1. The van der Waals surface area contributed by atoms with Crippen LogP contribution in [-0.2, 0) is 20.7 Å². The van der Waals surface area contributed by atoms with Gasteiger partial charge in [-0.3, -0.25) is 9.59 Å². The number of Topliss-reactive ketones (excluding diaryl/α,β-unsaturated/α-hetero) is 1. The third-order valence-electron chi connectivity index (χ3n) is 7.00. The van der Waals surface area contributed by atoms with Crippen molar-refractivity contribution in [3.63, 3.8) is 0 Å². The lowest BCUT2D eigenvalue weighted by molar-refractivity contribution is -0.120. The Balaban J connectivity index is 1.44. The number of imidazole rings is 1. The lowest BCUT2D eigenvalue weighted by atomic mass is 10.0. The second-order valence-electron chi connectivity index (χ2n) is 10.2. The van der Waals surface area contributed by atoms with Crippen molar-refractivity contribution in [1.29, 1.82) is 0 Å². The van der Waals surface area contributed by atoms with E-state index in [1.165, 1.54) is 0 Å². The van der Waals surface area contributed by atoms with E-state index < -0.39 is 0 Å². The summed E-state index contributed by atoms with van der Waals surface area (Å²) in [7, 11) is 1.67. The van der Waals surface area contributed by atoms with E-state index in [9.17, 15) is 9.59 Å². The number of nitrogens with one attached hydrogen (secondary N) is 1. The maximum Gasteiger partial charge on any atom is 0.228 e. The summed E-state index contributed by atoms with van der Waals surface area (Å²) in [5.74, 6) is 1.03. The summed E-state index contributed by atoms with van der Waals surface area (Å²) in [4.78, 5) is 40.7. The normalized spacial score (nSPS) is 13.8. The number of ether oxygens (including phenoxy) is 1. The molecule has 0 aliphatic carbocycles. The van der Waals surface area contributed by atoms with Gasteiger partial charge in [0.1, 0.15) is 17.0 Å². The number of carbonyl (C=O) groups excluding carboxylic acids is 2. The van der Waals surface area contributed by atoms with Gasteiger partial charge in [0, 0.05) is 51.0 Å². The molecule has 9 heteroatoms. The number of rotatable bonds is 13. The third kappa shape index (κ3) is 7.16. The molecule has 1 fully saturated rings. The minimum Gasteiger partial charge on any atom is -0.378 e. The molecule has 0 radical (unpaired) electrons. The molecule has 0 unspecified atom stereocenters. The number of ketones is 1. The Kier molecular flexibility index (Phi) is 9.81. The summed E-state index contributed by atoms with van der Waals surface area (Å²) in [5, 5.41) is 2.65. The topological polar surface area (TPSA) is 102 Å². The van der Waals surface area contributed by atoms with Gasteiger partial charge in [0.15, 0.2) is 5.65 Å². The molecule has 0 saturated carbocycles. The van der Waals surface area contributed by atoms with Crippen molar-refractivity contribution in [2.75, 3.05) is 38.3 Å². The molecule has 1 aliphatic rings. The van der Waals surface area contributed by atoms with Crippen molar-refractivity contribution in [3.05, 3.63) is 36.2 Å². The van der Waals surface area contributed by atoms with E-state index >= 15 is 0 Å². The van der Waals surface area contributed by atoms with Crippen molar-refractivity contribution < 1.29 is 14.3 Å². The summed E-state index contributed by atoms with van der Waals surface area (Å²) in [6.45, 7) is 7.07. The molecule has 38 heavy (non-hydrogen) atoms. The van der Waals surface area contributed by atoms with E-state index in [-0.39, 0.29) is 17.7 Å². The fourth-order valence-corrected chi connectivity index (χ4v) is 4.80. The van der Waals surface area contributed by atoms with Crippen LogP contribution in [0.5, 0.6) is 0 Å². The van der Waals surface area contributed by atoms with Gasteiger partial charge in [0.25, 0.3) is 0 Å². The van der Waals surface area contributed by atoms with Gasteiger partial charge in [-0.2, -0.15) is 4.98 Å². The highest BCUT2D eigenvalue weighted by Crippen LogP contribution is 2.30. The number of benzene rings is 1. The van der Waals surface area contributed by atoms with Crippen LogP contribution in [0.25, 0.3) is 22.4 Å². The van der Waals surface area contributed by atoms with Crippen LogP contribution in [0.15, 0.2) is 30.6 Å². The van der Waals surface area contributed by atoms with Gasteiger partial charge in [0.2, 0.25) is 11.9 Å². The fraction of sp³-hybridized carbons (Fsp3) is 0.552. The summed E-state index contributed by atoms with van der Waals surface area (Å²) in [6.07, 6.45) is 8.29. The minimum absolute atomic E-state index is 0.0932. The summed E-state index contributed by atoms with van der Waals surface area (Å²) < 4.78 is 7.61. The quantitative estimate of drug-likeness (QED) is 0.331. The second kappa shape index (κ2) is 13.5. The van der Waals surface area contributed by atoms with Gasteiger partial charge in [0.05, 0.1) is 19.5 Å². The predicted octanol–water partition coefficient (Wildman–Crippen LogP) is 4.50. The third-order valence-corrected chi connectivity index (χ3v) is 7.00. The molecule has 0 bridgehead atoms. The maximum atomic E-state index is 12.7. The number of nitrogens with zero attached hydrogens (tertiary/aromatic N) is 5. The van der Waals surface area contributed by atoms with Gasteiger partial charge in [-0.25, -0.2) is 9.97 Å². The van der Waals surface area contributed by atoms with Crippen LogP contribution >= 0.6 is 0 Å². The minimum atomic E-state index is 0.0932. The molecule has 1 aromatic carbocycles. The second-order valence-corrected chi connectivity index (χ2v) is 10.2.